The van der Waals surface area contributed by atoms with Gasteiger partial charge in [0.25, 0.3) is 0 Å². The maximum absolute atomic E-state index is 13.9. The first-order chi connectivity index (χ1) is 17.5. The number of fused-ring (bicyclic) bond motifs is 3. The van der Waals surface area contributed by atoms with Gasteiger partial charge in [0.05, 0.1) is 19.6 Å². The van der Waals surface area contributed by atoms with Crippen molar-refractivity contribution in [3.8, 4) is 0 Å². The molecule has 2 aromatic carbocycles. The molecule has 0 saturated carbocycles. The Morgan fingerprint density at radius 3 is 2.44 bits per heavy atom. The molecule has 2 aromatic rings. The van der Waals surface area contributed by atoms with Crippen molar-refractivity contribution in [2.45, 2.75) is 57.0 Å². The molecule has 4 aliphatic heterocycles. The van der Waals surface area contributed by atoms with Gasteiger partial charge in [0, 0.05) is 38.3 Å². The number of quaternary nitrogens is 1. The molecule has 192 valence electrons. The summed E-state index contributed by atoms with van der Waals surface area (Å²) in [5.41, 5.74) is 1.33. The van der Waals surface area contributed by atoms with Gasteiger partial charge in [-0.25, -0.2) is 4.39 Å². The fourth-order valence-electron chi connectivity index (χ4n) is 6.33. The third kappa shape index (κ3) is 5.51. The Hall–Kier alpha value is -2.66. The number of ether oxygens (including phenoxy) is 1. The molecule has 0 amide bonds. The number of benzene rings is 2. The molecule has 36 heavy (non-hydrogen) atoms. The number of rotatable bonds is 8. The van der Waals surface area contributed by atoms with Gasteiger partial charge in [0.15, 0.2) is 6.10 Å². The molecule has 2 unspecified atom stereocenters. The van der Waals surface area contributed by atoms with Gasteiger partial charge in [-0.05, 0) is 61.7 Å². The van der Waals surface area contributed by atoms with Gasteiger partial charge in [-0.1, -0.05) is 42.5 Å². The van der Waals surface area contributed by atoms with Gasteiger partial charge in [-0.2, -0.15) is 0 Å². The largest absolute Gasteiger partial charge is 0.455 e. The van der Waals surface area contributed by atoms with Crippen LogP contribution in [0.25, 0.3) is 0 Å². The molecule has 4 aliphatic rings. The standard InChI is InChI=1S/C31H40FN2O2/c1-31(27-8-4-2-5-9-27,17-20-33-18-6-3-7-19-33)30(35)36-29-24-34(22-15-26(29)16-23-34)21-14-25-10-12-28(32)13-11-25/h2,4-5,8-13,17,20,26,29H,3,6-7,14-16,18-19,21-24H2,1H3/q+1. The van der Waals surface area contributed by atoms with Crippen LogP contribution in [0.5, 0.6) is 0 Å². The topological polar surface area (TPSA) is 29.5 Å². The van der Waals surface area contributed by atoms with Crippen LogP contribution in [0, 0.1) is 11.7 Å². The molecule has 0 radical (unpaired) electrons. The molecule has 0 aliphatic carbocycles. The fraction of sp³-hybridized carbons (Fsp3) is 0.516. The van der Waals surface area contributed by atoms with Crippen LogP contribution in [0.2, 0.25) is 0 Å². The summed E-state index contributed by atoms with van der Waals surface area (Å²) in [4.78, 5) is 16.2. The lowest BCUT2D eigenvalue weighted by molar-refractivity contribution is -0.946. The van der Waals surface area contributed by atoms with Crippen molar-refractivity contribution in [1.29, 1.82) is 0 Å². The van der Waals surface area contributed by atoms with Gasteiger partial charge < -0.3 is 14.1 Å². The van der Waals surface area contributed by atoms with Crippen molar-refractivity contribution in [1.82, 2.24) is 4.90 Å². The summed E-state index contributed by atoms with van der Waals surface area (Å²) < 4.78 is 20.7. The quantitative estimate of drug-likeness (QED) is 0.362. The molecule has 2 bridgehead atoms. The average molecular weight is 492 g/mol. The molecule has 4 heterocycles. The molecule has 4 nitrogen and oxygen atoms in total. The molecule has 6 rings (SSSR count). The molecule has 5 heteroatoms. The Morgan fingerprint density at radius 1 is 1.06 bits per heavy atom. The van der Waals surface area contributed by atoms with Gasteiger partial charge in [-0.3, -0.25) is 4.79 Å². The summed E-state index contributed by atoms with van der Waals surface area (Å²) in [6.45, 7) is 8.29. The minimum atomic E-state index is -0.816. The van der Waals surface area contributed by atoms with E-state index < -0.39 is 5.41 Å². The van der Waals surface area contributed by atoms with Crippen molar-refractivity contribution >= 4 is 5.97 Å². The third-order valence-electron chi connectivity index (χ3n) is 8.89. The van der Waals surface area contributed by atoms with E-state index in [-0.39, 0.29) is 17.9 Å². The lowest BCUT2D eigenvalue weighted by atomic mass is 9.80. The third-order valence-corrected chi connectivity index (χ3v) is 8.89. The van der Waals surface area contributed by atoms with E-state index in [0.717, 1.165) is 68.6 Å². The Labute approximate surface area is 215 Å². The summed E-state index contributed by atoms with van der Waals surface area (Å²) in [6.07, 6.45) is 11.0. The Balaban J connectivity index is 1.29. The maximum Gasteiger partial charge on any atom is 0.320 e. The molecule has 4 fully saturated rings. The Bertz CT molecular complexity index is 1040. The zero-order chi connectivity index (χ0) is 25.0. The zero-order valence-electron chi connectivity index (χ0n) is 21.6. The van der Waals surface area contributed by atoms with Crippen molar-refractivity contribution in [2.75, 3.05) is 39.3 Å². The number of carbonyl (C=O) groups excluding carboxylic acids is 1. The van der Waals surface area contributed by atoms with Gasteiger partial charge in [0.1, 0.15) is 17.8 Å². The minimum absolute atomic E-state index is 0.0420. The van der Waals surface area contributed by atoms with E-state index in [1.54, 1.807) is 12.1 Å². The number of hydrogen-bond donors (Lipinski definition) is 0. The minimum Gasteiger partial charge on any atom is -0.455 e. The van der Waals surface area contributed by atoms with Crippen LogP contribution in [0.3, 0.4) is 0 Å². The second kappa shape index (κ2) is 10.8. The van der Waals surface area contributed by atoms with Gasteiger partial charge in [0.2, 0.25) is 0 Å². The number of carbonyl (C=O) groups is 1. The van der Waals surface area contributed by atoms with E-state index in [9.17, 15) is 9.18 Å². The van der Waals surface area contributed by atoms with Crippen molar-refractivity contribution in [3.05, 3.63) is 83.8 Å². The lowest BCUT2D eigenvalue weighted by Crippen LogP contribution is -2.65. The van der Waals surface area contributed by atoms with E-state index in [1.807, 2.05) is 49.4 Å². The number of esters is 1. The predicted octanol–water partition coefficient (Wildman–Crippen LogP) is 5.48. The number of halogens is 1. The van der Waals surface area contributed by atoms with Gasteiger partial charge >= 0.3 is 5.97 Å². The van der Waals surface area contributed by atoms with Crippen LogP contribution in [0.15, 0.2) is 66.9 Å². The normalized spacial score (nSPS) is 27.7. The Morgan fingerprint density at radius 2 is 1.75 bits per heavy atom. The van der Waals surface area contributed by atoms with Crippen LogP contribution < -0.4 is 0 Å². The summed E-state index contributed by atoms with van der Waals surface area (Å²) in [5.74, 6) is 0.121. The van der Waals surface area contributed by atoms with Crippen LogP contribution in [0.4, 0.5) is 4.39 Å². The molecular formula is C31H40FN2O2+. The molecule has 0 spiro atoms. The SMILES string of the molecule is CC(C=CN1CCCCC1)(C(=O)OC1C[N+]2(CCc3ccc(F)cc3)CCC1CC2)c1ccccc1. The first kappa shape index (κ1) is 25.0. The van der Waals surface area contributed by atoms with Crippen LogP contribution >= 0.6 is 0 Å². The molecule has 0 aromatic heterocycles. The van der Waals surface area contributed by atoms with Crippen molar-refractivity contribution < 1.29 is 18.4 Å². The average Bonchev–Trinajstić information content (AvgIpc) is 2.93. The lowest BCUT2D eigenvalue weighted by Gasteiger charge is -2.52. The second-order valence-corrected chi connectivity index (χ2v) is 11.3. The van der Waals surface area contributed by atoms with Crippen molar-refractivity contribution in [3.63, 3.8) is 0 Å². The summed E-state index contributed by atoms with van der Waals surface area (Å²) in [7, 11) is 0. The predicted molar refractivity (Wildman–Crippen MR) is 141 cm³/mol. The highest BCUT2D eigenvalue weighted by atomic mass is 19.1. The first-order valence-electron chi connectivity index (χ1n) is 13.8. The second-order valence-electron chi connectivity index (χ2n) is 11.3. The van der Waals surface area contributed by atoms with Crippen LogP contribution in [0.1, 0.15) is 50.2 Å². The Kier molecular flexibility index (Phi) is 7.47. The number of hydrogen-bond acceptors (Lipinski definition) is 3. The maximum atomic E-state index is 13.9. The highest BCUT2D eigenvalue weighted by Crippen LogP contribution is 2.38. The van der Waals surface area contributed by atoms with E-state index in [4.69, 9.17) is 4.74 Å². The van der Waals surface area contributed by atoms with E-state index in [0.29, 0.717) is 5.92 Å². The number of likely N-dealkylation sites (tertiary alicyclic amines) is 1. The van der Waals surface area contributed by atoms with Crippen LogP contribution in [-0.2, 0) is 21.4 Å². The highest BCUT2D eigenvalue weighted by molar-refractivity contribution is 5.85. The van der Waals surface area contributed by atoms with Gasteiger partial charge in [-0.15, -0.1) is 0 Å². The summed E-state index contributed by atoms with van der Waals surface area (Å²) in [5, 5.41) is 0. The molecule has 4 saturated heterocycles. The summed E-state index contributed by atoms with van der Waals surface area (Å²) in [6, 6.07) is 16.9. The monoisotopic (exact) mass is 491 g/mol. The summed E-state index contributed by atoms with van der Waals surface area (Å²) >= 11 is 0. The van der Waals surface area contributed by atoms with E-state index >= 15 is 0 Å². The molecule has 0 N–H and O–H groups in total. The molecule has 2 atom stereocenters. The fourth-order valence-corrected chi connectivity index (χ4v) is 6.33. The van der Waals surface area contributed by atoms with E-state index in [1.165, 1.54) is 24.8 Å². The zero-order valence-corrected chi connectivity index (χ0v) is 21.6. The highest BCUT2D eigenvalue weighted by Gasteiger charge is 2.48. The molecular weight excluding hydrogens is 451 g/mol. The number of nitrogens with zero attached hydrogens (tertiary/aromatic N) is 2. The van der Waals surface area contributed by atoms with Crippen LogP contribution in [-0.4, -0.2) is 60.7 Å². The van der Waals surface area contributed by atoms with E-state index in [2.05, 4.69) is 17.2 Å². The smallest absolute Gasteiger partial charge is 0.320 e. The van der Waals surface area contributed by atoms with Crippen molar-refractivity contribution in [2.24, 2.45) is 5.92 Å². The number of piperidine rings is 4. The first-order valence-corrected chi connectivity index (χ1v) is 13.8.